The number of nitrogens with one attached hydrogen (secondary N) is 3. The smallest absolute Gasteiger partial charge is 0.272 e. The summed E-state index contributed by atoms with van der Waals surface area (Å²) in [6, 6.07) is 28.2. The molecule has 0 aromatic heterocycles. The Bertz CT molecular complexity index is 1590. The maximum Gasteiger partial charge on any atom is 0.272 e. The molecule has 0 unspecified atom stereocenters. The number of nitro benzene ring substituents is 1. The molecule has 0 bridgehead atoms. The van der Waals surface area contributed by atoms with Crippen molar-refractivity contribution in [2.24, 2.45) is 0 Å². The van der Waals surface area contributed by atoms with Crippen molar-refractivity contribution in [3.8, 4) is 0 Å². The van der Waals surface area contributed by atoms with Crippen molar-refractivity contribution in [1.82, 2.24) is 5.32 Å². The summed E-state index contributed by atoms with van der Waals surface area (Å²) in [5.41, 5.74) is 1.83. The zero-order valence-electron chi connectivity index (χ0n) is 21.4. The van der Waals surface area contributed by atoms with Crippen LogP contribution in [-0.2, 0) is 9.59 Å². The first-order valence-electron chi connectivity index (χ1n) is 12.2. The van der Waals surface area contributed by atoms with Crippen LogP contribution in [0.4, 0.5) is 17.1 Å². The molecule has 0 saturated carbocycles. The van der Waals surface area contributed by atoms with Crippen molar-refractivity contribution in [2.45, 2.75) is 4.90 Å². The van der Waals surface area contributed by atoms with Gasteiger partial charge in [0.15, 0.2) is 0 Å². The van der Waals surface area contributed by atoms with E-state index in [0.717, 1.165) is 9.37 Å². The minimum absolute atomic E-state index is 0.0559. The highest BCUT2D eigenvalue weighted by atomic mass is 79.9. The summed E-state index contributed by atoms with van der Waals surface area (Å²) in [6.45, 7) is 0. The van der Waals surface area contributed by atoms with Crippen LogP contribution in [0.2, 0.25) is 0 Å². The summed E-state index contributed by atoms with van der Waals surface area (Å²) in [6.07, 6.45) is 1.44. The van der Waals surface area contributed by atoms with Crippen LogP contribution in [0.1, 0.15) is 15.9 Å². The number of non-ortho nitro benzene ring substituents is 1. The van der Waals surface area contributed by atoms with Crippen molar-refractivity contribution in [3.05, 3.63) is 135 Å². The van der Waals surface area contributed by atoms with Crippen molar-refractivity contribution >= 4 is 68.6 Å². The summed E-state index contributed by atoms with van der Waals surface area (Å²) < 4.78 is 0.911. The first-order valence-corrected chi connectivity index (χ1v) is 14.0. The summed E-state index contributed by atoms with van der Waals surface area (Å²) in [7, 11) is 0. The zero-order chi connectivity index (χ0) is 29.2. The molecule has 0 saturated heterocycles. The van der Waals surface area contributed by atoms with Crippen LogP contribution in [0.5, 0.6) is 0 Å². The van der Waals surface area contributed by atoms with Gasteiger partial charge in [0.25, 0.3) is 17.5 Å². The fraction of sp³-hybridized carbons (Fsp3) is 0.0333. The van der Waals surface area contributed by atoms with Crippen molar-refractivity contribution in [2.75, 3.05) is 16.4 Å². The van der Waals surface area contributed by atoms with Crippen LogP contribution in [0, 0.1) is 10.1 Å². The number of carbonyl (C=O) groups excluding carboxylic acids is 3. The lowest BCUT2D eigenvalue weighted by atomic mass is 10.1. The Balaban J connectivity index is 1.46. The second-order valence-corrected chi connectivity index (χ2v) is 10.5. The van der Waals surface area contributed by atoms with E-state index in [9.17, 15) is 24.5 Å². The summed E-state index contributed by atoms with van der Waals surface area (Å²) in [5.74, 6) is -1.10. The third-order valence-electron chi connectivity index (χ3n) is 5.53. The van der Waals surface area contributed by atoms with Crippen LogP contribution in [0.15, 0.2) is 118 Å². The molecule has 4 rings (SSSR count). The lowest BCUT2D eigenvalue weighted by molar-refractivity contribution is -0.384. The fourth-order valence-corrected chi connectivity index (χ4v) is 4.56. The molecule has 206 valence electrons. The molecule has 0 spiro atoms. The van der Waals surface area contributed by atoms with Gasteiger partial charge in [0, 0.05) is 38.4 Å². The van der Waals surface area contributed by atoms with Gasteiger partial charge in [-0.2, -0.15) is 0 Å². The van der Waals surface area contributed by atoms with Gasteiger partial charge in [0.1, 0.15) is 5.70 Å². The molecule has 3 amide bonds. The monoisotopic (exact) mass is 630 g/mol. The number of hydrogen-bond acceptors (Lipinski definition) is 6. The van der Waals surface area contributed by atoms with Crippen LogP contribution in [0.3, 0.4) is 0 Å². The second kappa shape index (κ2) is 14.1. The molecule has 11 heteroatoms. The van der Waals surface area contributed by atoms with Gasteiger partial charge in [-0.1, -0.05) is 40.2 Å². The number of amides is 3. The predicted molar refractivity (Wildman–Crippen MR) is 164 cm³/mol. The van der Waals surface area contributed by atoms with E-state index in [1.807, 2.05) is 18.2 Å². The number of benzene rings is 4. The topological polar surface area (TPSA) is 130 Å². The number of carbonyl (C=O) groups is 3. The van der Waals surface area contributed by atoms with Crippen molar-refractivity contribution in [3.63, 3.8) is 0 Å². The van der Waals surface area contributed by atoms with E-state index >= 15 is 0 Å². The van der Waals surface area contributed by atoms with Crippen LogP contribution in [-0.4, -0.2) is 28.4 Å². The Morgan fingerprint density at radius 1 is 0.829 bits per heavy atom. The average Bonchev–Trinajstić information content (AvgIpc) is 2.98. The van der Waals surface area contributed by atoms with Crippen molar-refractivity contribution < 1.29 is 19.3 Å². The maximum atomic E-state index is 13.3. The van der Waals surface area contributed by atoms with E-state index in [4.69, 9.17) is 0 Å². The molecular formula is C30H23BrN4O5S. The Kier molecular flexibility index (Phi) is 10.0. The number of hydrogen-bond donors (Lipinski definition) is 3. The second-order valence-electron chi connectivity index (χ2n) is 8.55. The Labute approximate surface area is 248 Å². The van der Waals surface area contributed by atoms with E-state index in [-0.39, 0.29) is 23.0 Å². The van der Waals surface area contributed by atoms with Crippen LogP contribution < -0.4 is 16.0 Å². The van der Waals surface area contributed by atoms with Crippen molar-refractivity contribution in [1.29, 1.82) is 0 Å². The quantitative estimate of drug-likeness (QED) is 0.0793. The lowest BCUT2D eigenvalue weighted by Gasteiger charge is -2.12. The molecule has 41 heavy (non-hydrogen) atoms. The van der Waals surface area contributed by atoms with Crippen LogP contribution in [0.25, 0.3) is 6.08 Å². The summed E-state index contributed by atoms with van der Waals surface area (Å²) in [5, 5.41) is 19.2. The zero-order valence-corrected chi connectivity index (χ0v) is 23.8. The lowest BCUT2D eigenvalue weighted by Crippen LogP contribution is -2.30. The number of nitro groups is 1. The Morgan fingerprint density at radius 2 is 1.54 bits per heavy atom. The molecule has 0 radical (unpaired) electrons. The Morgan fingerprint density at radius 3 is 2.22 bits per heavy atom. The minimum atomic E-state index is -0.595. The Hall–Kier alpha value is -4.74. The molecule has 4 aromatic rings. The van der Waals surface area contributed by atoms with Gasteiger partial charge < -0.3 is 16.0 Å². The first kappa shape index (κ1) is 29.2. The molecular weight excluding hydrogens is 608 g/mol. The average molecular weight is 632 g/mol. The van der Waals surface area contributed by atoms with E-state index in [1.54, 1.807) is 60.7 Å². The number of rotatable bonds is 10. The number of nitrogens with zero attached hydrogens (tertiary/aromatic N) is 1. The maximum absolute atomic E-state index is 13.3. The van der Waals surface area contributed by atoms with E-state index in [2.05, 4.69) is 31.9 Å². The van der Waals surface area contributed by atoms with Crippen LogP contribution >= 0.6 is 27.7 Å². The van der Waals surface area contributed by atoms with Gasteiger partial charge in [-0.25, -0.2) is 0 Å². The fourth-order valence-electron chi connectivity index (χ4n) is 3.54. The number of thioether (sulfide) groups is 1. The molecule has 0 aliphatic carbocycles. The van der Waals surface area contributed by atoms with E-state index < -0.39 is 16.7 Å². The van der Waals surface area contributed by atoms with E-state index in [0.29, 0.717) is 22.5 Å². The standard InChI is InChI=1S/C30H23BrN4O5S/c31-22-11-13-23(14-12-22)32-28(36)19-41-26-8-4-7-24(18-26)33-30(38)27(34-29(37)21-5-2-1-3-6-21)17-20-9-15-25(16-10-20)35(39)40/h1-18H,19H2,(H,32,36)(H,33,38)(H,34,37)/b27-17+. The molecule has 0 aliphatic rings. The SMILES string of the molecule is O=C(CSc1cccc(NC(=O)/C(=C\c2ccc([N+](=O)[O-])cc2)NC(=O)c2ccccc2)c1)Nc1ccc(Br)cc1. The molecule has 0 atom stereocenters. The molecule has 3 N–H and O–H groups in total. The summed E-state index contributed by atoms with van der Waals surface area (Å²) >= 11 is 4.66. The van der Waals surface area contributed by atoms with Gasteiger partial charge >= 0.3 is 0 Å². The highest BCUT2D eigenvalue weighted by Gasteiger charge is 2.16. The molecule has 0 fully saturated rings. The highest BCUT2D eigenvalue weighted by Crippen LogP contribution is 2.23. The van der Waals surface area contributed by atoms with Gasteiger partial charge in [-0.05, 0) is 78.4 Å². The molecule has 0 aliphatic heterocycles. The predicted octanol–water partition coefficient (Wildman–Crippen LogP) is 6.50. The molecule has 9 nitrogen and oxygen atoms in total. The van der Waals surface area contributed by atoms with E-state index in [1.165, 1.54) is 42.1 Å². The minimum Gasteiger partial charge on any atom is -0.325 e. The molecule has 4 aromatic carbocycles. The summed E-state index contributed by atoms with van der Waals surface area (Å²) in [4.78, 5) is 49.7. The number of halogens is 1. The van der Waals surface area contributed by atoms with Gasteiger partial charge in [-0.15, -0.1) is 11.8 Å². The largest absolute Gasteiger partial charge is 0.325 e. The highest BCUT2D eigenvalue weighted by molar-refractivity contribution is 9.10. The molecule has 0 heterocycles. The normalized spacial score (nSPS) is 10.9. The third kappa shape index (κ3) is 8.88. The van der Waals surface area contributed by atoms with Gasteiger partial charge in [0.2, 0.25) is 5.91 Å². The van der Waals surface area contributed by atoms with Gasteiger partial charge in [-0.3, -0.25) is 24.5 Å². The van der Waals surface area contributed by atoms with Gasteiger partial charge in [0.05, 0.1) is 10.7 Å². The number of anilines is 2. The third-order valence-corrected chi connectivity index (χ3v) is 7.06. The first-order chi connectivity index (χ1) is 19.8.